The summed E-state index contributed by atoms with van der Waals surface area (Å²) in [5.74, 6) is -1.46. The van der Waals surface area contributed by atoms with E-state index >= 15 is 0 Å². The number of carbonyl (C=O) groups is 2. The van der Waals surface area contributed by atoms with Gasteiger partial charge < -0.3 is 5.32 Å². The van der Waals surface area contributed by atoms with Crippen LogP contribution in [0.4, 0.5) is 8.78 Å². The monoisotopic (exact) mass is 427 g/mol. The highest BCUT2D eigenvalue weighted by atomic mass is 35.5. The fourth-order valence-corrected chi connectivity index (χ4v) is 3.53. The summed E-state index contributed by atoms with van der Waals surface area (Å²) in [5.41, 5.74) is 1.10. The number of rotatable bonds is 7. The van der Waals surface area contributed by atoms with Crippen LogP contribution in [0.15, 0.2) is 30.6 Å². The molecular weight excluding hydrogens is 411 g/mol. The minimum absolute atomic E-state index is 0.120. The SMILES string of the molecule is O=C(CNC(=O)C(F)F)c1cnc(CC2(c3ccc(Cl)c(Cl)c3)CCC2)nc1. The van der Waals surface area contributed by atoms with E-state index in [9.17, 15) is 18.4 Å². The van der Waals surface area contributed by atoms with E-state index in [0.717, 1.165) is 24.8 Å². The highest BCUT2D eigenvalue weighted by molar-refractivity contribution is 6.42. The molecule has 1 aliphatic rings. The first-order valence-corrected chi connectivity index (χ1v) is 9.42. The summed E-state index contributed by atoms with van der Waals surface area (Å²) in [7, 11) is 0. The van der Waals surface area contributed by atoms with Crippen LogP contribution in [0.5, 0.6) is 0 Å². The lowest BCUT2D eigenvalue weighted by Gasteiger charge is -2.42. The molecule has 148 valence electrons. The molecule has 1 saturated carbocycles. The standard InChI is InChI=1S/C19H17Cl2F2N3O2/c20-13-3-2-12(6-14(13)21)19(4-1-5-19)7-16-24-8-11(9-25-16)15(27)10-26-18(28)17(22)23/h2-3,6,8-9,17H,1,4-5,7,10H2,(H,26,28). The summed E-state index contributed by atoms with van der Waals surface area (Å²) in [6.45, 7) is -0.529. The number of hydrogen-bond acceptors (Lipinski definition) is 4. The van der Waals surface area contributed by atoms with Crippen LogP contribution in [0.1, 0.15) is 41.0 Å². The molecule has 28 heavy (non-hydrogen) atoms. The van der Waals surface area contributed by atoms with Crippen LogP contribution in [-0.4, -0.2) is 34.6 Å². The number of nitrogens with zero attached hydrogens (tertiary/aromatic N) is 2. The number of hydrogen-bond donors (Lipinski definition) is 1. The molecule has 1 N–H and O–H groups in total. The van der Waals surface area contributed by atoms with E-state index < -0.39 is 24.7 Å². The molecule has 0 aliphatic heterocycles. The topological polar surface area (TPSA) is 72.0 Å². The van der Waals surface area contributed by atoms with E-state index in [1.807, 2.05) is 17.4 Å². The Morgan fingerprint density at radius 1 is 1.14 bits per heavy atom. The van der Waals surface area contributed by atoms with Crippen LogP contribution in [0.25, 0.3) is 0 Å². The minimum Gasteiger partial charge on any atom is -0.344 e. The van der Waals surface area contributed by atoms with Crippen LogP contribution in [0, 0.1) is 0 Å². The third-order valence-electron chi connectivity index (χ3n) is 4.99. The molecule has 1 fully saturated rings. The molecule has 0 atom stereocenters. The van der Waals surface area contributed by atoms with Crippen molar-refractivity contribution in [1.29, 1.82) is 0 Å². The average molecular weight is 428 g/mol. The minimum atomic E-state index is -3.16. The lowest BCUT2D eigenvalue weighted by molar-refractivity contribution is -0.131. The van der Waals surface area contributed by atoms with E-state index in [0.29, 0.717) is 22.3 Å². The first-order chi connectivity index (χ1) is 13.3. The van der Waals surface area contributed by atoms with Gasteiger partial charge in [-0.1, -0.05) is 35.7 Å². The van der Waals surface area contributed by atoms with Crippen molar-refractivity contribution in [3.8, 4) is 0 Å². The van der Waals surface area contributed by atoms with Gasteiger partial charge in [0.15, 0.2) is 5.78 Å². The molecule has 9 heteroatoms. The molecule has 0 bridgehead atoms. The Hall–Kier alpha value is -2.12. The maximum absolute atomic E-state index is 12.2. The number of halogens is 4. The normalized spacial score (nSPS) is 15.2. The van der Waals surface area contributed by atoms with Crippen molar-refractivity contribution in [3.63, 3.8) is 0 Å². The molecule has 1 aliphatic carbocycles. The number of aromatic nitrogens is 2. The van der Waals surface area contributed by atoms with E-state index in [1.165, 1.54) is 12.4 Å². The van der Waals surface area contributed by atoms with E-state index in [1.54, 1.807) is 6.07 Å². The summed E-state index contributed by atoms with van der Waals surface area (Å²) < 4.78 is 24.3. The molecule has 1 aromatic carbocycles. The van der Waals surface area contributed by atoms with Gasteiger partial charge in [-0.15, -0.1) is 0 Å². The fraction of sp³-hybridized carbons (Fsp3) is 0.368. The molecule has 1 amide bonds. The average Bonchev–Trinajstić information content (AvgIpc) is 2.65. The highest BCUT2D eigenvalue weighted by Crippen LogP contribution is 2.46. The van der Waals surface area contributed by atoms with E-state index in [-0.39, 0.29) is 11.0 Å². The van der Waals surface area contributed by atoms with Gasteiger partial charge >= 0.3 is 6.43 Å². The Bertz CT molecular complexity index is 887. The number of carbonyl (C=O) groups excluding carboxylic acids is 2. The molecule has 5 nitrogen and oxygen atoms in total. The van der Waals surface area contributed by atoms with Gasteiger partial charge in [0.1, 0.15) is 5.82 Å². The Kier molecular flexibility index (Phi) is 6.25. The smallest absolute Gasteiger partial charge is 0.315 e. The zero-order valence-electron chi connectivity index (χ0n) is 14.7. The predicted octanol–water partition coefficient (Wildman–Crippen LogP) is 4.01. The van der Waals surface area contributed by atoms with Crippen molar-refractivity contribution >= 4 is 34.9 Å². The quantitative estimate of drug-likeness (QED) is 0.677. The first kappa shape index (κ1) is 20.6. The van der Waals surface area contributed by atoms with Crippen LogP contribution in [0.3, 0.4) is 0 Å². The van der Waals surface area contributed by atoms with Crippen LogP contribution in [0.2, 0.25) is 10.0 Å². The molecule has 0 radical (unpaired) electrons. The molecule has 3 rings (SSSR count). The second-order valence-corrected chi connectivity index (χ2v) is 7.58. The number of benzene rings is 1. The number of ketones is 1. The molecule has 0 saturated heterocycles. The van der Waals surface area contributed by atoms with Crippen molar-refractivity contribution in [2.45, 2.75) is 37.5 Å². The summed E-state index contributed by atoms with van der Waals surface area (Å²) in [4.78, 5) is 31.3. The number of amides is 1. The lowest BCUT2D eigenvalue weighted by Crippen LogP contribution is -2.37. The highest BCUT2D eigenvalue weighted by Gasteiger charge is 2.39. The van der Waals surface area contributed by atoms with Gasteiger partial charge in [0.05, 0.1) is 22.2 Å². The predicted molar refractivity (Wildman–Crippen MR) is 101 cm³/mol. The third kappa shape index (κ3) is 4.47. The zero-order chi connectivity index (χ0) is 20.3. The van der Waals surface area contributed by atoms with Gasteiger partial charge in [-0.3, -0.25) is 9.59 Å². The number of nitrogens with one attached hydrogen (secondary N) is 1. The number of alkyl halides is 2. The Morgan fingerprint density at radius 3 is 2.36 bits per heavy atom. The van der Waals surface area contributed by atoms with Gasteiger partial charge in [-0.25, -0.2) is 9.97 Å². The van der Waals surface area contributed by atoms with Gasteiger partial charge in [0.25, 0.3) is 5.91 Å². The molecule has 1 aromatic heterocycles. The second-order valence-electron chi connectivity index (χ2n) is 6.77. The Balaban J connectivity index is 1.68. The second kappa shape index (κ2) is 8.49. The van der Waals surface area contributed by atoms with Crippen LogP contribution >= 0.6 is 23.2 Å². The molecule has 0 spiro atoms. The summed E-state index contributed by atoms with van der Waals surface area (Å²) in [6, 6.07) is 5.60. The summed E-state index contributed by atoms with van der Waals surface area (Å²) >= 11 is 12.2. The maximum Gasteiger partial charge on any atom is 0.315 e. The van der Waals surface area contributed by atoms with Gasteiger partial charge in [0.2, 0.25) is 0 Å². The van der Waals surface area contributed by atoms with Crippen molar-refractivity contribution in [2.24, 2.45) is 0 Å². The molecule has 0 unspecified atom stereocenters. The summed E-state index contributed by atoms with van der Waals surface area (Å²) in [6.07, 6.45) is 3.14. The van der Waals surface area contributed by atoms with E-state index in [4.69, 9.17) is 23.2 Å². The van der Waals surface area contributed by atoms with Gasteiger partial charge in [0, 0.05) is 24.2 Å². The molecule has 2 aromatic rings. The summed E-state index contributed by atoms with van der Waals surface area (Å²) in [5, 5.41) is 2.86. The van der Waals surface area contributed by atoms with Crippen LogP contribution < -0.4 is 5.32 Å². The molecular formula is C19H17Cl2F2N3O2. The van der Waals surface area contributed by atoms with Crippen LogP contribution in [-0.2, 0) is 16.6 Å². The van der Waals surface area contributed by atoms with Crippen molar-refractivity contribution < 1.29 is 18.4 Å². The third-order valence-corrected chi connectivity index (χ3v) is 5.73. The van der Waals surface area contributed by atoms with Crippen molar-refractivity contribution in [1.82, 2.24) is 15.3 Å². The van der Waals surface area contributed by atoms with Gasteiger partial charge in [-0.05, 0) is 30.5 Å². The maximum atomic E-state index is 12.2. The zero-order valence-corrected chi connectivity index (χ0v) is 16.2. The lowest BCUT2D eigenvalue weighted by atomic mass is 9.62. The number of Topliss-reactive ketones (excluding diaryl/α,β-unsaturated/α-hetero) is 1. The van der Waals surface area contributed by atoms with Crippen molar-refractivity contribution in [2.75, 3.05) is 6.54 Å². The van der Waals surface area contributed by atoms with Crippen molar-refractivity contribution in [3.05, 3.63) is 57.6 Å². The first-order valence-electron chi connectivity index (χ1n) is 8.66. The molecule has 1 heterocycles. The van der Waals surface area contributed by atoms with E-state index in [2.05, 4.69) is 9.97 Å². The largest absolute Gasteiger partial charge is 0.344 e. The Morgan fingerprint density at radius 2 is 1.82 bits per heavy atom. The Labute approximate surface area is 170 Å². The van der Waals surface area contributed by atoms with Gasteiger partial charge in [-0.2, -0.15) is 8.78 Å². The fourth-order valence-electron chi connectivity index (χ4n) is 3.24.